The van der Waals surface area contributed by atoms with Crippen LogP contribution in [-0.2, 0) is 23.9 Å². The van der Waals surface area contributed by atoms with Gasteiger partial charge >= 0.3 is 5.97 Å². The highest BCUT2D eigenvalue weighted by Gasteiger charge is 2.71. The number of aliphatic hydroxyl groups excluding tert-OH is 1. The molecule has 4 aliphatic heterocycles. The number of hydrogen-bond acceptors (Lipinski definition) is 6. The van der Waals surface area contributed by atoms with Gasteiger partial charge in [-0.25, -0.2) is 0 Å². The van der Waals surface area contributed by atoms with Crippen molar-refractivity contribution in [1.82, 2.24) is 4.90 Å². The highest BCUT2D eigenvalue weighted by molar-refractivity contribution is 6.06. The molecule has 8 nitrogen and oxygen atoms in total. The second kappa shape index (κ2) is 10.0. The van der Waals surface area contributed by atoms with Crippen LogP contribution in [0.3, 0.4) is 0 Å². The van der Waals surface area contributed by atoms with Crippen molar-refractivity contribution in [2.75, 3.05) is 31.2 Å². The van der Waals surface area contributed by atoms with Crippen molar-refractivity contribution < 1.29 is 29.0 Å². The zero-order chi connectivity index (χ0) is 26.3. The minimum atomic E-state index is -1.28. The van der Waals surface area contributed by atoms with E-state index in [4.69, 9.17) is 9.47 Å². The summed E-state index contributed by atoms with van der Waals surface area (Å²) in [5.41, 5.74) is -0.543. The quantitative estimate of drug-likeness (QED) is 0.373. The fourth-order valence-corrected chi connectivity index (χ4v) is 6.46. The van der Waals surface area contributed by atoms with E-state index in [0.717, 1.165) is 22.9 Å². The number of hydrogen-bond donors (Lipinski definition) is 1. The summed E-state index contributed by atoms with van der Waals surface area (Å²) in [6.45, 7) is 0.893. The van der Waals surface area contributed by atoms with Crippen molar-refractivity contribution in [3.8, 4) is 0 Å². The van der Waals surface area contributed by atoms with Gasteiger partial charge in [0.2, 0.25) is 5.91 Å². The molecule has 2 aromatic rings. The molecule has 2 fully saturated rings. The Bertz CT molecular complexity index is 1320. The van der Waals surface area contributed by atoms with Gasteiger partial charge in [0.25, 0.3) is 5.91 Å². The Morgan fingerprint density at radius 3 is 2.68 bits per heavy atom. The number of allylic oxidation sites excluding steroid dienone is 1. The molecule has 2 aromatic carbocycles. The predicted molar refractivity (Wildman–Crippen MR) is 141 cm³/mol. The molecule has 2 saturated heterocycles. The summed E-state index contributed by atoms with van der Waals surface area (Å²) in [6, 6.07) is 12.9. The van der Waals surface area contributed by atoms with Gasteiger partial charge in [0.05, 0.1) is 18.6 Å². The number of anilines is 1. The number of benzene rings is 2. The molecule has 2 amide bonds. The van der Waals surface area contributed by atoms with Gasteiger partial charge in [0.15, 0.2) is 0 Å². The van der Waals surface area contributed by atoms with Gasteiger partial charge in [-0.3, -0.25) is 14.4 Å². The second-order valence-corrected chi connectivity index (χ2v) is 10.4. The average Bonchev–Trinajstić information content (AvgIpc) is 3.33. The summed E-state index contributed by atoms with van der Waals surface area (Å²) in [4.78, 5) is 45.0. The van der Waals surface area contributed by atoms with Crippen LogP contribution in [0.4, 0.5) is 5.69 Å². The lowest BCUT2D eigenvalue weighted by molar-refractivity contribution is -0.154. The maximum atomic E-state index is 14.4. The molecule has 0 saturated carbocycles. The number of fused-ring (bicyclic) bond motifs is 3. The molecule has 0 aromatic heterocycles. The number of cyclic esters (lactones) is 1. The zero-order valence-electron chi connectivity index (χ0n) is 21.2. The van der Waals surface area contributed by atoms with E-state index in [0.29, 0.717) is 32.4 Å². The number of aliphatic hydroxyl groups is 1. The van der Waals surface area contributed by atoms with E-state index in [1.165, 1.54) is 0 Å². The third-order valence-electron chi connectivity index (χ3n) is 8.20. The standard InChI is InChI=1S/C30H32N2O6/c33-17-6-5-15-32-26-28(35)31(22-13-12-20-9-3-4-10-21(20)19-22)16-8-14-30(26)25(27(32)34)24-23(38-30)11-2-1-7-18-37-29(24)36/h2-4,8-14,19,23-26,33H,1,5-7,15-18H2/b11-2-/t23-,24+,25+,26?,30+/m1/s1. The normalized spacial score (nSPS) is 31.7. The molecule has 1 N–H and O–H groups in total. The van der Waals surface area contributed by atoms with Crippen molar-refractivity contribution >= 4 is 34.2 Å². The molecule has 4 heterocycles. The van der Waals surface area contributed by atoms with Crippen LogP contribution in [-0.4, -0.2) is 71.8 Å². The third-order valence-corrected chi connectivity index (χ3v) is 8.20. The Morgan fingerprint density at radius 1 is 1.00 bits per heavy atom. The van der Waals surface area contributed by atoms with E-state index in [2.05, 4.69) is 0 Å². The lowest BCUT2D eigenvalue weighted by atomic mass is 9.78. The smallest absolute Gasteiger partial charge is 0.312 e. The summed E-state index contributed by atoms with van der Waals surface area (Å²) in [7, 11) is 0. The third kappa shape index (κ3) is 3.94. The van der Waals surface area contributed by atoms with E-state index in [-0.39, 0.29) is 25.0 Å². The van der Waals surface area contributed by atoms with Gasteiger partial charge in [-0.1, -0.05) is 54.6 Å². The van der Waals surface area contributed by atoms with Crippen LogP contribution in [0.1, 0.15) is 25.7 Å². The Morgan fingerprint density at radius 2 is 1.84 bits per heavy atom. The van der Waals surface area contributed by atoms with Crippen LogP contribution < -0.4 is 4.90 Å². The van der Waals surface area contributed by atoms with E-state index < -0.39 is 35.6 Å². The Balaban J connectivity index is 1.43. The largest absolute Gasteiger partial charge is 0.465 e. The maximum Gasteiger partial charge on any atom is 0.312 e. The van der Waals surface area contributed by atoms with Gasteiger partial charge in [0.1, 0.15) is 17.6 Å². The minimum Gasteiger partial charge on any atom is -0.465 e. The van der Waals surface area contributed by atoms with Crippen molar-refractivity contribution in [2.24, 2.45) is 11.8 Å². The predicted octanol–water partition coefficient (Wildman–Crippen LogP) is 2.99. The van der Waals surface area contributed by atoms with Gasteiger partial charge in [-0.15, -0.1) is 0 Å². The molecule has 6 rings (SSSR count). The summed E-state index contributed by atoms with van der Waals surface area (Å²) < 4.78 is 12.2. The number of carbonyl (C=O) groups is 3. The number of amides is 2. The van der Waals surface area contributed by atoms with Gasteiger partial charge in [-0.2, -0.15) is 0 Å². The number of ether oxygens (including phenoxy) is 2. The molecule has 1 spiro atoms. The van der Waals surface area contributed by atoms with E-state index in [1.54, 1.807) is 9.80 Å². The van der Waals surface area contributed by atoms with Crippen LogP contribution >= 0.6 is 0 Å². The number of carbonyl (C=O) groups excluding carboxylic acids is 3. The summed E-state index contributed by atoms with van der Waals surface area (Å²) in [5.74, 6) is -2.66. The van der Waals surface area contributed by atoms with Crippen LogP contribution in [0.2, 0.25) is 0 Å². The van der Waals surface area contributed by atoms with Crippen LogP contribution in [0.25, 0.3) is 10.8 Å². The van der Waals surface area contributed by atoms with Gasteiger partial charge < -0.3 is 24.4 Å². The van der Waals surface area contributed by atoms with Crippen LogP contribution in [0.15, 0.2) is 66.8 Å². The number of unbranched alkanes of at least 4 members (excludes halogenated alkanes) is 1. The molecule has 1 unspecified atom stereocenters. The molecule has 198 valence electrons. The fraction of sp³-hybridized carbons (Fsp3) is 0.433. The highest BCUT2D eigenvalue weighted by atomic mass is 16.6. The molecule has 38 heavy (non-hydrogen) atoms. The van der Waals surface area contributed by atoms with Gasteiger partial charge in [0, 0.05) is 25.4 Å². The Kier molecular flexibility index (Phi) is 6.53. The van der Waals surface area contributed by atoms with E-state index >= 15 is 0 Å². The van der Waals surface area contributed by atoms with Crippen LogP contribution in [0.5, 0.6) is 0 Å². The van der Waals surface area contributed by atoms with E-state index in [1.807, 2.05) is 66.8 Å². The summed E-state index contributed by atoms with van der Waals surface area (Å²) >= 11 is 0. The molecule has 0 aliphatic carbocycles. The van der Waals surface area contributed by atoms with Crippen LogP contribution in [0, 0.1) is 11.8 Å². The Labute approximate surface area is 221 Å². The highest BCUT2D eigenvalue weighted by Crippen LogP contribution is 2.53. The molecule has 8 heteroatoms. The monoisotopic (exact) mass is 516 g/mol. The molecule has 4 aliphatic rings. The first kappa shape index (κ1) is 24.8. The molecule has 5 atom stereocenters. The maximum absolute atomic E-state index is 14.4. The number of nitrogens with zero attached hydrogens (tertiary/aromatic N) is 2. The summed E-state index contributed by atoms with van der Waals surface area (Å²) in [6.07, 6.45) is 9.39. The number of rotatable bonds is 5. The van der Waals surface area contributed by atoms with Crippen molar-refractivity contribution in [3.05, 3.63) is 66.8 Å². The second-order valence-electron chi connectivity index (χ2n) is 10.4. The number of esters is 1. The molecule has 0 bridgehead atoms. The van der Waals surface area contributed by atoms with Crippen molar-refractivity contribution in [2.45, 2.75) is 43.4 Å². The zero-order valence-corrected chi connectivity index (χ0v) is 21.2. The van der Waals surface area contributed by atoms with Crippen molar-refractivity contribution in [1.29, 1.82) is 0 Å². The molecule has 0 radical (unpaired) electrons. The SMILES string of the molecule is O=C1OCCC/C=C\[C@H]2O[C@]34C=CCN(c5ccc6ccccc6c5)C(=O)C3N(CCCCO)C(=O)[C@@H]4[C@@H]12. The number of likely N-dealkylation sites (tertiary alicyclic amines) is 1. The lowest BCUT2D eigenvalue weighted by Gasteiger charge is -2.35. The Hall–Kier alpha value is -3.49. The molecular weight excluding hydrogens is 484 g/mol. The minimum absolute atomic E-state index is 0.00332. The van der Waals surface area contributed by atoms with Gasteiger partial charge in [-0.05, 0) is 48.6 Å². The first-order chi connectivity index (χ1) is 18.5. The average molecular weight is 517 g/mol. The fourth-order valence-electron chi connectivity index (χ4n) is 6.46. The summed E-state index contributed by atoms with van der Waals surface area (Å²) in [5, 5.41) is 11.5. The van der Waals surface area contributed by atoms with E-state index in [9.17, 15) is 19.5 Å². The van der Waals surface area contributed by atoms with Crippen molar-refractivity contribution in [3.63, 3.8) is 0 Å². The lowest BCUT2D eigenvalue weighted by Crippen LogP contribution is -2.55. The molecular formula is C30H32N2O6. The topological polar surface area (TPSA) is 96.4 Å². The first-order valence-corrected chi connectivity index (χ1v) is 13.5. The first-order valence-electron chi connectivity index (χ1n) is 13.5.